The number of ketones is 1. The van der Waals surface area contributed by atoms with Gasteiger partial charge in [-0.3, -0.25) is 4.79 Å². The average molecular weight is 259 g/mol. The van der Waals surface area contributed by atoms with E-state index in [4.69, 9.17) is 0 Å². The normalized spacial score (nSPS) is 10.1. The molecule has 0 aliphatic heterocycles. The van der Waals surface area contributed by atoms with Crippen LogP contribution in [0, 0.1) is 0 Å². The Kier molecular flexibility index (Phi) is 4.00. The predicted octanol–water partition coefficient (Wildman–Crippen LogP) is 3.76. The summed E-state index contributed by atoms with van der Waals surface area (Å²) in [6.07, 6.45) is 2.53. The highest BCUT2D eigenvalue weighted by Gasteiger charge is 2.12. The van der Waals surface area contributed by atoms with Crippen molar-refractivity contribution in [2.45, 2.75) is 18.2 Å². The number of hydrogen-bond donors (Lipinski definition) is 0. The van der Waals surface area contributed by atoms with Gasteiger partial charge in [0.1, 0.15) is 0 Å². The number of benzene rings is 1. The fourth-order valence-electron chi connectivity index (χ4n) is 1.12. The molecule has 0 atom stereocenters. The molecular weight excluding hydrogens is 248 g/mol. The van der Waals surface area contributed by atoms with E-state index in [9.17, 15) is 4.79 Å². The summed E-state index contributed by atoms with van der Waals surface area (Å²) in [5, 5.41) is 0. The van der Waals surface area contributed by atoms with E-state index in [1.165, 1.54) is 0 Å². The van der Waals surface area contributed by atoms with Crippen LogP contribution in [0.5, 0.6) is 0 Å². The maximum atomic E-state index is 11.6. The van der Waals surface area contributed by atoms with Crippen molar-refractivity contribution in [3.05, 3.63) is 28.2 Å². The van der Waals surface area contributed by atoms with Gasteiger partial charge in [-0.15, -0.1) is 11.8 Å². The SMILES string of the molecule is CCC(=O)c1c(Br)cccc1SC. The summed E-state index contributed by atoms with van der Waals surface area (Å²) in [6, 6.07) is 5.82. The molecule has 0 unspecified atom stereocenters. The quantitative estimate of drug-likeness (QED) is 0.607. The van der Waals surface area contributed by atoms with Crippen molar-refractivity contribution in [2.75, 3.05) is 6.26 Å². The van der Waals surface area contributed by atoms with Crippen LogP contribution in [0.2, 0.25) is 0 Å². The van der Waals surface area contributed by atoms with Gasteiger partial charge in [-0.1, -0.05) is 28.9 Å². The van der Waals surface area contributed by atoms with Crippen molar-refractivity contribution in [3.8, 4) is 0 Å². The molecule has 0 aromatic heterocycles. The van der Waals surface area contributed by atoms with Crippen molar-refractivity contribution in [3.63, 3.8) is 0 Å². The molecule has 0 heterocycles. The Morgan fingerprint density at radius 2 is 2.23 bits per heavy atom. The Balaban J connectivity index is 3.22. The molecule has 1 nitrogen and oxygen atoms in total. The molecule has 0 radical (unpaired) electrons. The lowest BCUT2D eigenvalue weighted by atomic mass is 10.1. The molecule has 1 aromatic rings. The zero-order valence-corrected chi connectivity index (χ0v) is 10.0. The predicted molar refractivity (Wildman–Crippen MR) is 60.5 cm³/mol. The van der Waals surface area contributed by atoms with Crippen LogP contribution in [-0.2, 0) is 0 Å². The highest BCUT2D eigenvalue weighted by Crippen LogP contribution is 2.28. The molecule has 0 amide bonds. The Morgan fingerprint density at radius 3 is 2.77 bits per heavy atom. The van der Waals surface area contributed by atoms with E-state index in [1.54, 1.807) is 11.8 Å². The first-order chi connectivity index (χ1) is 6.20. The number of halogens is 1. The molecule has 0 saturated heterocycles. The van der Waals surface area contributed by atoms with Gasteiger partial charge < -0.3 is 0 Å². The van der Waals surface area contributed by atoms with Gasteiger partial charge in [0.25, 0.3) is 0 Å². The second-order valence-electron chi connectivity index (χ2n) is 2.59. The van der Waals surface area contributed by atoms with E-state index in [1.807, 2.05) is 31.4 Å². The van der Waals surface area contributed by atoms with E-state index in [0.717, 1.165) is 14.9 Å². The maximum absolute atomic E-state index is 11.6. The number of rotatable bonds is 3. The molecule has 70 valence electrons. The van der Waals surface area contributed by atoms with Gasteiger partial charge >= 0.3 is 0 Å². The average Bonchev–Trinajstić information content (AvgIpc) is 2.16. The molecule has 1 aromatic carbocycles. The maximum Gasteiger partial charge on any atom is 0.164 e. The molecule has 0 aliphatic carbocycles. The fraction of sp³-hybridized carbons (Fsp3) is 0.300. The van der Waals surface area contributed by atoms with Crippen LogP contribution in [0.25, 0.3) is 0 Å². The smallest absolute Gasteiger partial charge is 0.164 e. The van der Waals surface area contributed by atoms with E-state index in [0.29, 0.717) is 6.42 Å². The molecule has 1 rings (SSSR count). The zero-order valence-electron chi connectivity index (χ0n) is 7.63. The molecule has 0 bridgehead atoms. The number of Topliss-reactive ketones (excluding diaryl/α,β-unsaturated/α-hetero) is 1. The van der Waals surface area contributed by atoms with Crippen LogP contribution in [-0.4, -0.2) is 12.0 Å². The molecule has 13 heavy (non-hydrogen) atoms. The number of carbonyl (C=O) groups excluding carboxylic acids is 1. The van der Waals surface area contributed by atoms with Gasteiger partial charge in [0.05, 0.1) is 0 Å². The van der Waals surface area contributed by atoms with Crippen molar-refractivity contribution in [1.29, 1.82) is 0 Å². The monoisotopic (exact) mass is 258 g/mol. The highest BCUT2D eigenvalue weighted by molar-refractivity contribution is 9.10. The minimum Gasteiger partial charge on any atom is -0.294 e. The standard InChI is InChI=1S/C10H11BrOS/c1-3-8(12)10-7(11)5-4-6-9(10)13-2/h4-6H,3H2,1-2H3. The van der Waals surface area contributed by atoms with Crippen LogP contribution in [0.1, 0.15) is 23.7 Å². The topological polar surface area (TPSA) is 17.1 Å². The third kappa shape index (κ3) is 2.35. The lowest BCUT2D eigenvalue weighted by Gasteiger charge is -2.06. The summed E-state index contributed by atoms with van der Waals surface area (Å²) in [5.41, 5.74) is 0.817. The third-order valence-electron chi connectivity index (χ3n) is 1.80. The van der Waals surface area contributed by atoms with Gasteiger partial charge in [-0.2, -0.15) is 0 Å². The van der Waals surface area contributed by atoms with E-state index in [2.05, 4.69) is 15.9 Å². The largest absolute Gasteiger partial charge is 0.294 e. The summed E-state index contributed by atoms with van der Waals surface area (Å²) in [5.74, 6) is 0.192. The lowest BCUT2D eigenvalue weighted by molar-refractivity contribution is 0.0984. The molecule has 0 N–H and O–H groups in total. The van der Waals surface area contributed by atoms with Crippen LogP contribution >= 0.6 is 27.7 Å². The second-order valence-corrected chi connectivity index (χ2v) is 4.30. The molecule has 0 aliphatic rings. The number of thioether (sulfide) groups is 1. The van der Waals surface area contributed by atoms with Gasteiger partial charge in [-0.25, -0.2) is 0 Å². The summed E-state index contributed by atoms with van der Waals surface area (Å²) >= 11 is 5.00. The van der Waals surface area contributed by atoms with E-state index < -0.39 is 0 Å². The number of carbonyl (C=O) groups is 1. The van der Waals surface area contributed by atoms with Crippen LogP contribution in [0.15, 0.2) is 27.6 Å². The van der Waals surface area contributed by atoms with Crippen LogP contribution in [0.3, 0.4) is 0 Å². The van der Waals surface area contributed by atoms with E-state index >= 15 is 0 Å². The zero-order chi connectivity index (χ0) is 9.84. The fourth-order valence-corrected chi connectivity index (χ4v) is 2.48. The Morgan fingerprint density at radius 1 is 1.54 bits per heavy atom. The van der Waals surface area contributed by atoms with Gasteiger partial charge in [0.2, 0.25) is 0 Å². The van der Waals surface area contributed by atoms with Crippen LogP contribution < -0.4 is 0 Å². The molecule has 0 saturated carbocycles. The summed E-state index contributed by atoms with van der Waals surface area (Å²) in [4.78, 5) is 12.6. The van der Waals surface area contributed by atoms with E-state index in [-0.39, 0.29) is 5.78 Å². The lowest BCUT2D eigenvalue weighted by Crippen LogP contribution is -1.99. The van der Waals surface area contributed by atoms with Crippen molar-refractivity contribution in [2.24, 2.45) is 0 Å². The minimum atomic E-state index is 0.192. The Bertz CT molecular complexity index is 323. The first kappa shape index (κ1) is 10.8. The summed E-state index contributed by atoms with van der Waals surface area (Å²) < 4.78 is 0.895. The van der Waals surface area contributed by atoms with Crippen LogP contribution in [0.4, 0.5) is 0 Å². The Hall–Kier alpha value is -0.280. The first-order valence-electron chi connectivity index (χ1n) is 4.06. The summed E-state index contributed by atoms with van der Waals surface area (Å²) in [7, 11) is 0. The second kappa shape index (κ2) is 4.82. The third-order valence-corrected chi connectivity index (χ3v) is 3.24. The molecular formula is C10H11BrOS. The molecule has 3 heteroatoms. The van der Waals surface area contributed by atoms with Crippen molar-refractivity contribution < 1.29 is 4.79 Å². The van der Waals surface area contributed by atoms with Gasteiger partial charge in [0.15, 0.2) is 5.78 Å². The van der Waals surface area contributed by atoms with Crippen molar-refractivity contribution >= 4 is 33.5 Å². The Labute approximate surface area is 91.0 Å². The first-order valence-corrected chi connectivity index (χ1v) is 6.08. The summed E-state index contributed by atoms with van der Waals surface area (Å²) in [6.45, 7) is 1.88. The highest BCUT2D eigenvalue weighted by atomic mass is 79.9. The molecule has 0 fully saturated rings. The minimum absolute atomic E-state index is 0.192. The number of hydrogen-bond acceptors (Lipinski definition) is 2. The van der Waals surface area contributed by atoms with Crippen molar-refractivity contribution in [1.82, 2.24) is 0 Å². The van der Waals surface area contributed by atoms with Gasteiger partial charge in [0, 0.05) is 21.4 Å². The molecule has 0 spiro atoms. The van der Waals surface area contributed by atoms with Gasteiger partial charge in [-0.05, 0) is 18.4 Å².